The fourth-order valence-corrected chi connectivity index (χ4v) is 2.27. The number of pyridine rings is 1. The first-order chi connectivity index (χ1) is 7.70. The maximum Gasteiger partial charge on any atom is 0.0556 e. The second kappa shape index (κ2) is 4.83. The first kappa shape index (κ1) is 11.4. The van der Waals surface area contributed by atoms with Gasteiger partial charge in [-0.25, -0.2) is 0 Å². The topological polar surface area (TPSA) is 28.2 Å². The summed E-state index contributed by atoms with van der Waals surface area (Å²) in [6.07, 6.45) is 3.17. The molecule has 2 unspecified atom stereocenters. The minimum atomic E-state index is 0.559. The Hall–Kier alpha value is -1.09. The molecule has 1 saturated heterocycles. The molecule has 2 rings (SSSR count). The summed E-state index contributed by atoms with van der Waals surface area (Å²) in [6, 6.07) is 5.43. The summed E-state index contributed by atoms with van der Waals surface area (Å²) in [4.78, 5) is 6.87. The highest BCUT2D eigenvalue weighted by atomic mass is 15.2. The molecule has 1 aliphatic rings. The molecule has 0 aromatic carbocycles. The number of rotatable bonds is 2. The van der Waals surface area contributed by atoms with Gasteiger partial charge in [0, 0.05) is 30.9 Å². The van der Waals surface area contributed by atoms with Crippen LogP contribution in [0.4, 0.5) is 5.69 Å². The molecule has 1 N–H and O–H groups in total. The van der Waals surface area contributed by atoms with Gasteiger partial charge in [0.25, 0.3) is 0 Å². The molecule has 1 aromatic heterocycles. The van der Waals surface area contributed by atoms with E-state index in [0.717, 1.165) is 18.8 Å². The Labute approximate surface area is 97.9 Å². The highest BCUT2D eigenvalue weighted by molar-refractivity contribution is 5.46. The highest BCUT2D eigenvalue weighted by Gasteiger charge is 2.24. The van der Waals surface area contributed by atoms with Crippen molar-refractivity contribution in [2.24, 2.45) is 0 Å². The number of nitrogens with one attached hydrogen (secondary N) is 1. The predicted octanol–water partition coefficient (Wildman–Crippen LogP) is 1.97. The molecule has 1 aliphatic heterocycles. The van der Waals surface area contributed by atoms with Crippen LogP contribution in [0.25, 0.3) is 0 Å². The third kappa shape index (κ3) is 2.35. The number of aromatic nitrogens is 1. The second-order valence-corrected chi connectivity index (χ2v) is 4.68. The Bertz CT molecular complexity index is 334. The molecule has 16 heavy (non-hydrogen) atoms. The number of nitrogens with zero attached hydrogens (tertiary/aromatic N) is 2. The number of anilines is 1. The molecule has 3 heteroatoms. The van der Waals surface area contributed by atoms with Crippen molar-refractivity contribution in [3.8, 4) is 0 Å². The van der Waals surface area contributed by atoms with Crippen molar-refractivity contribution in [2.75, 3.05) is 18.0 Å². The lowest BCUT2D eigenvalue weighted by molar-refractivity contribution is 0.402. The smallest absolute Gasteiger partial charge is 0.0556 e. The fraction of sp³-hybridized carbons (Fsp3) is 0.615. The zero-order chi connectivity index (χ0) is 11.5. The third-order valence-corrected chi connectivity index (χ3v) is 3.31. The van der Waals surface area contributed by atoms with Crippen molar-refractivity contribution in [3.05, 3.63) is 24.0 Å². The Morgan fingerprint density at radius 3 is 2.94 bits per heavy atom. The van der Waals surface area contributed by atoms with E-state index in [2.05, 4.69) is 41.2 Å². The summed E-state index contributed by atoms with van der Waals surface area (Å²) in [5.74, 6) is 0. The fourth-order valence-electron chi connectivity index (χ4n) is 2.27. The number of hydrogen-bond acceptors (Lipinski definition) is 3. The van der Waals surface area contributed by atoms with Crippen molar-refractivity contribution in [1.29, 1.82) is 0 Å². The van der Waals surface area contributed by atoms with Gasteiger partial charge in [-0.1, -0.05) is 6.92 Å². The first-order valence-corrected chi connectivity index (χ1v) is 6.13. The summed E-state index contributed by atoms with van der Waals surface area (Å²) in [5.41, 5.74) is 2.34. The molecule has 3 nitrogen and oxygen atoms in total. The molecule has 1 fully saturated rings. The highest BCUT2D eigenvalue weighted by Crippen LogP contribution is 2.20. The zero-order valence-electron chi connectivity index (χ0n) is 10.4. The summed E-state index contributed by atoms with van der Waals surface area (Å²) in [6.45, 7) is 8.66. The molecule has 2 atom stereocenters. The number of piperazine rings is 1. The van der Waals surface area contributed by atoms with E-state index in [1.165, 1.54) is 12.1 Å². The zero-order valence-corrected chi connectivity index (χ0v) is 10.4. The summed E-state index contributed by atoms with van der Waals surface area (Å²) in [7, 11) is 0. The Kier molecular flexibility index (Phi) is 3.44. The van der Waals surface area contributed by atoms with Gasteiger partial charge < -0.3 is 10.2 Å². The van der Waals surface area contributed by atoms with Gasteiger partial charge in [0.1, 0.15) is 0 Å². The lowest BCUT2D eigenvalue weighted by atomic mass is 10.1. The molecule has 88 valence electrons. The van der Waals surface area contributed by atoms with Gasteiger partial charge in [0.05, 0.1) is 11.9 Å². The largest absolute Gasteiger partial charge is 0.364 e. The van der Waals surface area contributed by atoms with Crippen LogP contribution in [0.5, 0.6) is 0 Å². The Morgan fingerprint density at radius 2 is 2.31 bits per heavy atom. The van der Waals surface area contributed by atoms with Crippen LogP contribution in [0.3, 0.4) is 0 Å². The Balaban J connectivity index is 2.18. The van der Waals surface area contributed by atoms with Crippen molar-refractivity contribution >= 4 is 5.69 Å². The monoisotopic (exact) mass is 219 g/mol. The summed E-state index contributed by atoms with van der Waals surface area (Å²) in [5, 5.41) is 3.53. The standard InChI is InChI=1S/C13H21N3/c1-4-12-7-15-11(3)9-16(12)13-6-5-10(2)14-8-13/h5-6,8,11-12,15H,4,7,9H2,1-3H3. The molecule has 0 radical (unpaired) electrons. The lowest BCUT2D eigenvalue weighted by Gasteiger charge is -2.40. The number of hydrogen-bond donors (Lipinski definition) is 1. The van der Waals surface area contributed by atoms with Gasteiger partial charge in [-0.05, 0) is 32.4 Å². The minimum absolute atomic E-state index is 0.559. The predicted molar refractivity (Wildman–Crippen MR) is 67.9 cm³/mol. The van der Waals surface area contributed by atoms with E-state index in [0.29, 0.717) is 12.1 Å². The SMILES string of the molecule is CCC1CNC(C)CN1c1ccc(C)nc1. The van der Waals surface area contributed by atoms with E-state index in [1.54, 1.807) is 0 Å². The van der Waals surface area contributed by atoms with Crippen LogP contribution in [-0.4, -0.2) is 30.2 Å². The van der Waals surface area contributed by atoms with Gasteiger partial charge in [0.2, 0.25) is 0 Å². The maximum absolute atomic E-state index is 4.39. The van der Waals surface area contributed by atoms with Crippen LogP contribution < -0.4 is 10.2 Å². The van der Waals surface area contributed by atoms with E-state index in [1.807, 2.05) is 13.1 Å². The van der Waals surface area contributed by atoms with Crippen LogP contribution in [0.15, 0.2) is 18.3 Å². The van der Waals surface area contributed by atoms with Crippen LogP contribution in [0.1, 0.15) is 26.0 Å². The van der Waals surface area contributed by atoms with E-state index < -0.39 is 0 Å². The summed E-state index contributed by atoms with van der Waals surface area (Å²) < 4.78 is 0. The first-order valence-electron chi connectivity index (χ1n) is 6.13. The molecule has 0 spiro atoms. The lowest BCUT2D eigenvalue weighted by Crippen LogP contribution is -2.55. The second-order valence-electron chi connectivity index (χ2n) is 4.68. The number of aryl methyl sites for hydroxylation is 1. The van der Waals surface area contributed by atoms with Crippen molar-refractivity contribution in [2.45, 2.75) is 39.3 Å². The molecule has 0 saturated carbocycles. The van der Waals surface area contributed by atoms with Gasteiger partial charge in [0.15, 0.2) is 0 Å². The minimum Gasteiger partial charge on any atom is -0.364 e. The van der Waals surface area contributed by atoms with Crippen LogP contribution in [0.2, 0.25) is 0 Å². The van der Waals surface area contributed by atoms with Gasteiger partial charge in [-0.3, -0.25) is 4.98 Å². The van der Waals surface area contributed by atoms with Crippen LogP contribution >= 0.6 is 0 Å². The molecule has 2 heterocycles. The molecular weight excluding hydrogens is 198 g/mol. The third-order valence-electron chi connectivity index (χ3n) is 3.31. The van der Waals surface area contributed by atoms with Crippen molar-refractivity contribution in [1.82, 2.24) is 10.3 Å². The molecular formula is C13H21N3. The maximum atomic E-state index is 4.39. The van der Waals surface area contributed by atoms with E-state index in [4.69, 9.17) is 0 Å². The van der Waals surface area contributed by atoms with Crippen molar-refractivity contribution in [3.63, 3.8) is 0 Å². The summed E-state index contributed by atoms with van der Waals surface area (Å²) >= 11 is 0. The van der Waals surface area contributed by atoms with E-state index in [9.17, 15) is 0 Å². The normalized spacial score (nSPS) is 25.8. The molecule has 0 aliphatic carbocycles. The molecule has 0 bridgehead atoms. The molecule has 1 aromatic rings. The quantitative estimate of drug-likeness (QED) is 0.824. The van der Waals surface area contributed by atoms with Crippen molar-refractivity contribution < 1.29 is 0 Å². The van der Waals surface area contributed by atoms with E-state index in [-0.39, 0.29) is 0 Å². The van der Waals surface area contributed by atoms with Gasteiger partial charge in [-0.2, -0.15) is 0 Å². The van der Waals surface area contributed by atoms with Crippen LogP contribution in [-0.2, 0) is 0 Å². The molecule has 0 amide bonds. The van der Waals surface area contributed by atoms with Crippen LogP contribution in [0, 0.1) is 6.92 Å². The van der Waals surface area contributed by atoms with Gasteiger partial charge in [-0.15, -0.1) is 0 Å². The average Bonchev–Trinajstić information content (AvgIpc) is 2.30. The van der Waals surface area contributed by atoms with Gasteiger partial charge >= 0.3 is 0 Å². The average molecular weight is 219 g/mol. The van der Waals surface area contributed by atoms with E-state index >= 15 is 0 Å². The Morgan fingerprint density at radius 1 is 1.50 bits per heavy atom.